The number of pyridine rings is 2. The van der Waals surface area contributed by atoms with Crippen LogP contribution in [0, 0.1) is 0 Å². The highest BCUT2D eigenvalue weighted by Gasteiger charge is 2.25. The van der Waals surface area contributed by atoms with Crippen molar-refractivity contribution in [3.8, 4) is 5.75 Å². The number of rotatable bonds is 6. The third-order valence-electron chi connectivity index (χ3n) is 6.79. The molecule has 0 saturated heterocycles. The molecule has 0 bridgehead atoms. The summed E-state index contributed by atoms with van der Waals surface area (Å²) >= 11 is 0. The molecule has 1 amide bonds. The highest BCUT2D eigenvalue weighted by atomic mass is 16.5. The second-order valence-electron chi connectivity index (χ2n) is 9.19. The van der Waals surface area contributed by atoms with Crippen molar-refractivity contribution in [1.82, 2.24) is 14.0 Å². The minimum absolute atomic E-state index is 0.0574. The van der Waals surface area contributed by atoms with Gasteiger partial charge in [-0.05, 0) is 57.0 Å². The van der Waals surface area contributed by atoms with Crippen molar-refractivity contribution in [3.63, 3.8) is 0 Å². The third-order valence-corrected chi connectivity index (χ3v) is 6.79. The summed E-state index contributed by atoms with van der Waals surface area (Å²) in [4.78, 5) is 49.7. The SMILES string of the molecule is CCOC(=O)c1cc2c(=O)n3ccccc3nc2n(C2CCCCC2)c1=NC(=O)c1ccccc1OCC. The number of aromatic nitrogens is 3. The Morgan fingerprint density at radius 2 is 1.76 bits per heavy atom. The Kier molecular flexibility index (Phi) is 7.35. The van der Waals surface area contributed by atoms with Gasteiger partial charge in [0.2, 0.25) is 0 Å². The van der Waals surface area contributed by atoms with Crippen molar-refractivity contribution >= 4 is 28.6 Å². The van der Waals surface area contributed by atoms with Gasteiger partial charge in [-0.2, -0.15) is 4.99 Å². The van der Waals surface area contributed by atoms with E-state index in [1.54, 1.807) is 49.5 Å². The second kappa shape index (κ2) is 11.0. The van der Waals surface area contributed by atoms with Crippen LogP contribution < -0.4 is 15.8 Å². The van der Waals surface area contributed by atoms with E-state index in [1.807, 2.05) is 17.6 Å². The number of carbonyl (C=O) groups excluding carboxylic acids is 2. The number of carbonyl (C=O) groups is 2. The van der Waals surface area contributed by atoms with E-state index < -0.39 is 11.9 Å². The molecule has 0 atom stereocenters. The molecule has 0 unspecified atom stereocenters. The molecule has 4 aromatic rings. The van der Waals surface area contributed by atoms with Gasteiger partial charge in [0.15, 0.2) is 5.49 Å². The van der Waals surface area contributed by atoms with E-state index >= 15 is 0 Å². The standard InChI is InChI=1S/C29H30N4O5/c1-3-37-23-15-9-8-14-20(23)27(34)31-26-22(29(36)38-4-2)18-21-25(33(26)19-12-6-5-7-13-19)30-24-16-10-11-17-32(24)28(21)35/h8-11,14-19H,3-7,12-13H2,1-2H3. The number of para-hydroxylation sites is 1. The van der Waals surface area contributed by atoms with Crippen LogP contribution in [-0.4, -0.2) is 39.0 Å². The van der Waals surface area contributed by atoms with Crippen LogP contribution in [0.1, 0.15) is 72.7 Å². The Balaban J connectivity index is 1.88. The molecule has 0 spiro atoms. The summed E-state index contributed by atoms with van der Waals surface area (Å²) in [6.45, 7) is 4.07. The molecule has 5 rings (SSSR count). The van der Waals surface area contributed by atoms with Gasteiger partial charge in [0.25, 0.3) is 11.5 Å². The number of amides is 1. The molecular weight excluding hydrogens is 484 g/mol. The van der Waals surface area contributed by atoms with Crippen LogP contribution >= 0.6 is 0 Å². The molecule has 1 aliphatic rings. The molecule has 1 aromatic carbocycles. The lowest BCUT2D eigenvalue weighted by Crippen LogP contribution is -2.35. The molecule has 0 aliphatic heterocycles. The first kappa shape index (κ1) is 25.4. The summed E-state index contributed by atoms with van der Waals surface area (Å²) in [6.07, 6.45) is 6.33. The number of hydrogen-bond acceptors (Lipinski definition) is 6. The molecule has 9 nitrogen and oxygen atoms in total. The fourth-order valence-corrected chi connectivity index (χ4v) is 5.08. The summed E-state index contributed by atoms with van der Waals surface area (Å²) in [6, 6.07) is 13.6. The molecule has 3 heterocycles. The first-order valence-corrected chi connectivity index (χ1v) is 13.1. The number of nitrogens with zero attached hydrogens (tertiary/aromatic N) is 4. The normalized spacial score (nSPS) is 14.6. The van der Waals surface area contributed by atoms with Crippen molar-refractivity contribution < 1.29 is 19.1 Å². The van der Waals surface area contributed by atoms with E-state index in [1.165, 1.54) is 10.5 Å². The maximum Gasteiger partial charge on any atom is 0.341 e. The lowest BCUT2D eigenvalue weighted by molar-refractivity contribution is 0.0523. The predicted molar refractivity (Wildman–Crippen MR) is 143 cm³/mol. The van der Waals surface area contributed by atoms with Crippen LogP contribution in [0.3, 0.4) is 0 Å². The third kappa shape index (κ3) is 4.71. The van der Waals surface area contributed by atoms with Crippen molar-refractivity contribution in [1.29, 1.82) is 0 Å². The Morgan fingerprint density at radius 3 is 2.53 bits per heavy atom. The molecule has 38 heavy (non-hydrogen) atoms. The number of hydrogen-bond donors (Lipinski definition) is 0. The molecule has 9 heteroatoms. The maximum absolute atomic E-state index is 13.6. The summed E-state index contributed by atoms with van der Waals surface area (Å²) in [5.41, 5.74) is 1.04. The van der Waals surface area contributed by atoms with E-state index in [4.69, 9.17) is 14.5 Å². The average Bonchev–Trinajstić information content (AvgIpc) is 2.94. The van der Waals surface area contributed by atoms with Crippen LogP contribution in [0.4, 0.5) is 0 Å². The van der Waals surface area contributed by atoms with Gasteiger partial charge < -0.3 is 14.0 Å². The zero-order valence-corrected chi connectivity index (χ0v) is 21.6. The highest BCUT2D eigenvalue weighted by Crippen LogP contribution is 2.29. The summed E-state index contributed by atoms with van der Waals surface area (Å²) in [5, 5.41) is 0.267. The largest absolute Gasteiger partial charge is 0.493 e. The van der Waals surface area contributed by atoms with Crippen molar-refractivity contribution in [3.05, 3.63) is 81.7 Å². The quantitative estimate of drug-likeness (QED) is 0.278. The van der Waals surface area contributed by atoms with Gasteiger partial charge in [-0.25, -0.2) is 9.78 Å². The molecular formula is C29H30N4O5. The number of fused-ring (bicyclic) bond motifs is 2. The first-order valence-electron chi connectivity index (χ1n) is 13.1. The van der Waals surface area contributed by atoms with Gasteiger partial charge >= 0.3 is 5.97 Å². The maximum atomic E-state index is 13.6. The first-order chi connectivity index (χ1) is 18.5. The van der Waals surface area contributed by atoms with Crippen LogP contribution in [0.2, 0.25) is 0 Å². The van der Waals surface area contributed by atoms with E-state index in [2.05, 4.69) is 4.99 Å². The molecule has 1 saturated carbocycles. The van der Waals surface area contributed by atoms with Crippen molar-refractivity contribution in [2.24, 2.45) is 4.99 Å². The monoisotopic (exact) mass is 514 g/mol. The number of esters is 1. The zero-order valence-electron chi connectivity index (χ0n) is 21.6. The number of benzene rings is 1. The average molecular weight is 515 g/mol. The fourth-order valence-electron chi connectivity index (χ4n) is 5.08. The minimum atomic E-state index is -0.652. The van der Waals surface area contributed by atoms with Crippen LogP contribution in [0.15, 0.2) is 64.5 Å². The van der Waals surface area contributed by atoms with Crippen molar-refractivity contribution in [2.45, 2.75) is 52.0 Å². The summed E-state index contributed by atoms with van der Waals surface area (Å²) in [7, 11) is 0. The van der Waals surface area contributed by atoms with E-state index in [0.29, 0.717) is 23.7 Å². The van der Waals surface area contributed by atoms with Crippen LogP contribution in [0.25, 0.3) is 16.7 Å². The minimum Gasteiger partial charge on any atom is -0.493 e. The highest BCUT2D eigenvalue weighted by molar-refractivity contribution is 5.99. The predicted octanol–water partition coefficient (Wildman–Crippen LogP) is 4.47. The van der Waals surface area contributed by atoms with E-state index in [-0.39, 0.29) is 40.2 Å². The van der Waals surface area contributed by atoms with Gasteiger partial charge in [0, 0.05) is 12.2 Å². The Hall–Kier alpha value is -4.27. The van der Waals surface area contributed by atoms with Crippen LogP contribution in [-0.2, 0) is 4.74 Å². The van der Waals surface area contributed by atoms with Gasteiger partial charge in [-0.1, -0.05) is 37.5 Å². The molecule has 3 aromatic heterocycles. The van der Waals surface area contributed by atoms with Crippen molar-refractivity contribution in [2.75, 3.05) is 13.2 Å². The molecule has 1 aliphatic carbocycles. The molecule has 0 N–H and O–H groups in total. The van der Waals surface area contributed by atoms with Gasteiger partial charge in [-0.15, -0.1) is 0 Å². The van der Waals surface area contributed by atoms with Crippen LogP contribution in [0.5, 0.6) is 5.75 Å². The Labute approximate surface area is 219 Å². The van der Waals surface area contributed by atoms with E-state index in [0.717, 1.165) is 32.1 Å². The van der Waals surface area contributed by atoms with Gasteiger partial charge in [0.1, 0.15) is 22.6 Å². The topological polar surface area (TPSA) is 104 Å². The smallest absolute Gasteiger partial charge is 0.341 e. The Bertz CT molecular complexity index is 1650. The van der Waals surface area contributed by atoms with E-state index in [9.17, 15) is 14.4 Å². The number of ether oxygens (including phenoxy) is 2. The lowest BCUT2D eigenvalue weighted by atomic mass is 9.94. The zero-order chi connectivity index (χ0) is 26.6. The summed E-state index contributed by atoms with van der Waals surface area (Å²) < 4.78 is 14.3. The molecule has 0 radical (unpaired) electrons. The van der Waals surface area contributed by atoms with Gasteiger partial charge in [0.05, 0.1) is 24.2 Å². The fraction of sp³-hybridized carbons (Fsp3) is 0.345. The Morgan fingerprint density at radius 1 is 1.00 bits per heavy atom. The van der Waals surface area contributed by atoms with Gasteiger partial charge in [-0.3, -0.25) is 14.0 Å². The molecule has 1 fully saturated rings. The summed E-state index contributed by atoms with van der Waals surface area (Å²) in [5.74, 6) is -0.795. The second-order valence-corrected chi connectivity index (χ2v) is 9.19. The molecule has 196 valence electrons. The lowest BCUT2D eigenvalue weighted by Gasteiger charge is -2.27.